The fourth-order valence-corrected chi connectivity index (χ4v) is 5.60. The molecule has 0 N–H and O–H groups in total. The maximum atomic E-state index is 12.6. The van der Waals surface area contributed by atoms with Gasteiger partial charge in [0.25, 0.3) is 5.91 Å². The van der Waals surface area contributed by atoms with Gasteiger partial charge in [-0.05, 0) is 50.3 Å². The van der Waals surface area contributed by atoms with Crippen LogP contribution < -0.4 is 0 Å². The van der Waals surface area contributed by atoms with E-state index >= 15 is 0 Å². The second-order valence-electron chi connectivity index (χ2n) is 7.03. The summed E-state index contributed by atoms with van der Waals surface area (Å²) in [6, 6.07) is 7.74. The standard InChI is InChI=1S/C21H22N2O3S2/c1-13(20-22-16-8-4-6-10-18(16)28-20)23(2)19(24)11-26-21(25)15-12-27-17-9-5-3-7-14(15)17/h4,6,8,10,12-13H,3,5,7,9,11H2,1-2H3/t13-/m0/s1. The van der Waals surface area contributed by atoms with Gasteiger partial charge in [0, 0.05) is 17.3 Å². The van der Waals surface area contributed by atoms with E-state index in [2.05, 4.69) is 4.98 Å². The van der Waals surface area contributed by atoms with Crippen molar-refractivity contribution in [3.8, 4) is 0 Å². The number of para-hydroxylation sites is 1. The summed E-state index contributed by atoms with van der Waals surface area (Å²) in [5.74, 6) is -0.627. The lowest BCUT2D eigenvalue weighted by Crippen LogP contribution is -2.33. The highest BCUT2D eigenvalue weighted by Crippen LogP contribution is 2.31. The zero-order chi connectivity index (χ0) is 19.7. The number of thiazole rings is 1. The van der Waals surface area contributed by atoms with Crippen LogP contribution in [0.1, 0.15) is 51.6 Å². The number of fused-ring (bicyclic) bond motifs is 2. The summed E-state index contributed by atoms with van der Waals surface area (Å²) in [4.78, 5) is 32.5. The number of thiophene rings is 1. The van der Waals surface area contributed by atoms with Crippen LogP contribution in [-0.4, -0.2) is 35.4 Å². The van der Waals surface area contributed by atoms with Crippen LogP contribution in [0.15, 0.2) is 29.6 Å². The molecular weight excluding hydrogens is 392 g/mol. The van der Waals surface area contributed by atoms with E-state index in [-0.39, 0.29) is 18.6 Å². The second-order valence-corrected chi connectivity index (χ2v) is 9.06. The maximum Gasteiger partial charge on any atom is 0.339 e. The van der Waals surface area contributed by atoms with Crippen molar-refractivity contribution in [1.29, 1.82) is 0 Å². The van der Waals surface area contributed by atoms with Crippen LogP contribution >= 0.6 is 22.7 Å². The van der Waals surface area contributed by atoms with Crippen molar-refractivity contribution in [2.24, 2.45) is 0 Å². The molecule has 0 saturated carbocycles. The summed E-state index contributed by atoms with van der Waals surface area (Å²) in [6.07, 6.45) is 4.24. The number of benzene rings is 1. The van der Waals surface area contributed by atoms with E-state index < -0.39 is 5.97 Å². The third-order valence-electron chi connectivity index (χ3n) is 5.25. The molecule has 1 amide bonds. The van der Waals surface area contributed by atoms with Gasteiger partial charge in [0.15, 0.2) is 6.61 Å². The predicted molar refractivity (Wildman–Crippen MR) is 112 cm³/mol. The van der Waals surface area contributed by atoms with Crippen molar-refractivity contribution in [2.75, 3.05) is 13.7 Å². The molecule has 2 aromatic heterocycles. The van der Waals surface area contributed by atoms with Crippen LogP contribution in [0.2, 0.25) is 0 Å². The molecule has 4 rings (SSSR count). The van der Waals surface area contributed by atoms with Crippen molar-refractivity contribution < 1.29 is 14.3 Å². The zero-order valence-corrected chi connectivity index (χ0v) is 17.6. The van der Waals surface area contributed by atoms with Gasteiger partial charge in [0.1, 0.15) is 5.01 Å². The summed E-state index contributed by atoms with van der Waals surface area (Å²) in [6.45, 7) is 1.68. The summed E-state index contributed by atoms with van der Waals surface area (Å²) < 4.78 is 6.44. The molecule has 1 aliphatic carbocycles. The van der Waals surface area contributed by atoms with Gasteiger partial charge in [0.2, 0.25) is 0 Å². The predicted octanol–water partition coefficient (Wildman–Crippen LogP) is 4.61. The smallest absolute Gasteiger partial charge is 0.339 e. The summed E-state index contributed by atoms with van der Waals surface area (Å²) in [7, 11) is 1.72. The highest BCUT2D eigenvalue weighted by atomic mass is 32.1. The third kappa shape index (κ3) is 3.69. The van der Waals surface area contributed by atoms with Crippen LogP contribution in [0.5, 0.6) is 0 Å². The van der Waals surface area contributed by atoms with Gasteiger partial charge >= 0.3 is 5.97 Å². The molecule has 1 aromatic carbocycles. The lowest BCUT2D eigenvalue weighted by molar-refractivity contribution is -0.135. The van der Waals surface area contributed by atoms with E-state index in [1.807, 2.05) is 36.6 Å². The molecule has 1 aliphatic rings. The number of hydrogen-bond acceptors (Lipinski definition) is 6. The van der Waals surface area contributed by atoms with Crippen LogP contribution in [-0.2, 0) is 22.4 Å². The molecule has 7 heteroatoms. The van der Waals surface area contributed by atoms with Crippen molar-refractivity contribution >= 4 is 44.8 Å². The van der Waals surface area contributed by atoms with Crippen molar-refractivity contribution in [1.82, 2.24) is 9.88 Å². The largest absolute Gasteiger partial charge is 0.452 e. The minimum atomic E-state index is -0.395. The average molecular weight is 415 g/mol. The van der Waals surface area contributed by atoms with Gasteiger partial charge in [0.05, 0.1) is 21.8 Å². The molecule has 146 valence electrons. The molecule has 0 fully saturated rings. The first kappa shape index (κ1) is 19.1. The van der Waals surface area contributed by atoms with Gasteiger partial charge in [-0.2, -0.15) is 0 Å². The van der Waals surface area contributed by atoms with E-state index in [9.17, 15) is 9.59 Å². The Morgan fingerprint density at radius 2 is 2.04 bits per heavy atom. The first-order valence-electron chi connectivity index (χ1n) is 9.42. The van der Waals surface area contributed by atoms with Crippen molar-refractivity contribution in [2.45, 2.75) is 38.6 Å². The summed E-state index contributed by atoms with van der Waals surface area (Å²) in [5.41, 5.74) is 2.68. The van der Waals surface area contributed by atoms with E-state index in [1.54, 1.807) is 34.6 Å². The van der Waals surface area contributed by atoms with E-state index in [4.69, 9.17) is 4.74 Å². The number of aromatic nitrogens is 1. The first-order chi connectivity index (χ1) is 13.5. The van der Waals surface area contributed by atoms with Crippen LogP contribution in [0.4, 0.5) is 0 Å². The Labute approximate surface area is 172 Å². The Morgan fingerprint density at radius 1 is 1.25 bits per heavy atom. The lowest BCUT2D eigenvalue weighted by Gasteiger charge is -2.23. The van der Waals surface area contributed by atoms with Crippen LogP contribution in [0, 0.1) is 0 Å². The summed E-state index contributed by atoms with van der Waals surface area (Å²) >= 11 is 3.20. The Morgan fingerprint density at radius 3 is 2.86 bits per heavy atom. The fourth-order valence-electron chi connectivity index (χ4n) is 3.42. The lowest BCUT2D eigenvalue weighted by atomic mass is 9.96. The Kier molecular flexibility index (Phi) is 5.46. The monoisotopic (exact) mass is 414 g/mol. The fraction of sp³-hybridized carbons (Fsp3) is 0.381. The molecule has 0 bridgehead atoms. The van der Waals surface area contributed by atoms with E-state index in [0.29, 0.717) is 5.56 Å². The summed E-state index contributed by atoms with van der Waals surface area (Å²) in [5, 5.41) is 2.74. The van der Waals surface area contributed by atoms with Crippen molar-refractivity contribution in [3.63, 3.8) is 0 Å². The molecule has 28 heavy (non-hydrogen) atoms. The van der Waals surface area contributed by atoms with Gasteiger partial charge in [-0.25, -0.2) is 9.78 Å². The number of nitrogens with zero attached hydrogens (tertiary/aromatic N) is 2. The van der Waals surface area contributed by atoms with Crippen molar-refractivity contribution in [3.05, 3.63) is 50.7 Å². The number of hydrogen-bond donors (Lipinski definition) is 0. The minimum absolute atomic E-state index is 0.183. The van der Waals surface area contributed by atoms with Crippen LogP contribution in [0.3, 0.4) is 0 Å². The van der Waals surface area contributed by atoms with Crippen LogP contribution in [0.25, 0.3) is 10.2 Å². The number of rotatable bonds is 5. The second kappa shape index (κ2) is 8.01. The molecule has 0 radical (unpaired) electrons. The van der Waals surface area contributed by atoms with Gasteiger partial charge in [-0.1, -0.05) is 12.1 Å². The number of carbonyl (C=O) groups excluding carboxylic acids is 2. The number of likely N-dealkylation sites (N-methyl/N-ethyl adjacent to an activating group) is 1. The third-order valence-corrected chi connectivity index (χ3v) is 7.55. The molecule has 2 heterocycles. The highest BCUT2D eigenvalue weighted by molar-refractivity contribution is 7.18. The minimum Gasteiger partial charge on any atom is -0.452 e. The molecule has 3 aromatic rings. The Balaban J connectivity index is 1.39. The van der Waals surface area contributed by atoms with E-state index in [0.717, 1.165) is 40.1 Å². The van der Waals surface area contributed by atoms with Gasteiger partial charge in [-0.15, -0.1) is 22.7 Å². The zero-order valence-electron chi connectivity index (χ0n) is 15.9. The molecule has 0 unspecified atom stereocenters. The molecule has 1 atom stereocenters. The molecule has 5 nitrogen and oxygen atoms in total. The normalized spacial score (nSPS) is 14.5. The maximum absolute atomic E-state index is 12.6. The highest BCUT2D eigenvalue weighted by Gasteiger charge is 2.24. The average Bonchev–Trinajstić information content (AvgIpc) is 3.34. The SMILES string of the molecule is C[C@@H](c1nc2ccccc2s1)N(C)C(=O)COC(=O)c1csc2c1CCCC2. The number of aryl methyl sites for hydroxylation is 1. The molecular formula is C21H22N2O3S2. The topological polar surface area (TPSA) is 59.5 Å². The van der Waals surface area contributed by atoms with Gasteiger partial charge in [-0.3, -0.25) is 4.79 Å². The number of amides is 1. The number of esters is 1. The molecule has 0 aliphatic heterocycles. The molecule has 0 spiro atoms. The van der Waals surface area contributed by atoms with Gasteiger partial charge < -0.3 is 9.64 Å². The first-order valence-corrected chi connectivity index (χ1v) is 11.1. The Bertz CT molecular complexity index is 991. The number of carbonyl (C=O) groups is 2. The van der Waals surface area contributed by atoms with E-state index in [1.165, 1.54) is 11.3 Å². The number of ether oxygens (including phenoxy) is 1. The quantitative estimate of drug-likeness (QED) is 0.572. The molecule has 0 saturated heterocycles. The Hall–Kier alpha value is -2.25.